The molecule has 6 heteroatoms. The van der Waals surface area contributed by atoms with Gasteiger partial charge in [-0.05, 0) is 68.8 Å². The molecule has 0 amide bonds. The maximum absolute atomic E-state index is 11.3. The molecule has 0 aromatic heterocycles. The fourth-order valence-electron chi connectivity index (χ4n) is 4.05. The van der Waals surface area contributed by atoms with E-state index in [1.165, 1.54) is 38.6 Å². The van der Waals surface area contributed by atoms with Gasteiger partial charge in [-0.3, -0.25) is 0 Å². The number of rotatable bonds is 6. The summed E-state index contributed by atoms with van der Waals surface area (Å²) in [5, 5.41) is 12.5. The number of hydrogen-bond acceptors (Lipinski definition) is 4. The van der Waals surface area contributed by atoms with Crippen LogP contribution in [0.25, 0.3) is 0 Å². The van der Waals surface area contributed by atoms with Gasteiger partial charge in [0.05, 0.1) is 4.90 Å². The zero-order chi connectivity index (χ0) is 16.3. The third-order valence-corrected chi connectivity index (χ3v) is 6.19. The number of sulfonamides is 1. The summed E-state index contributed by atoms with van der Waals surface area (Å²) < 4.78 is 22.5. The summed E-state index contributed by atoms with van der Waals surface area (Å²) in [5.74, 6) is 0.766. The summed E-state index contributed by atoms with van der Waals surface area (Å²) in [4.78, 5) is 0.178. The van der Waals surface area contributed by atoms with Gasteiger partial charge in [-0.15, -0.1) is 0 Å². The number of primary sulfonamides is 1. The first kappa shape index (κ1) is 16.9. The van der Waals surface area contributed by atoms with Crippen LogP contribution in [0.5, 0.6) is 0 Å². The largest absolute Gasteiger partial charge is 0.314 e. The van der Waals surface area contributed by atoms with Crippen molar-refractivity contribution in [3.05, 3.63) is 29.8 Å². The molecular weight excluding hydrogens is 310 g/mol. The van der Waals surface area contributed by atoms with Gasteiger partial charge in [0, 0.05) is 12.1 Å². The van der Waals surface area contributed by atoms with Crippen LogP contribution in [-0.2, 0) is 16.4 Å². The van der Waals surface area contributed by atoms with Crippen molar-refractivity contribution < 1.29 is 8.42 Å². The molecule has 1 aliphatic heterocycles. The van der Waals surface area contributed by atoms with Gasteiger partial charge in [0.25, 0.3) is 0 Å². The fourth-order valence-corrected chi connectivity index (χ4v) is 4.56. The highest BCUT2D eigenvalue weighted by atomic mass is 32.2. The molecule has 0 bridgehead atoms. The van der Waals surface area contributed by atoms with Crippen LogP contribution in [0.3, 0.4) is 0 Å². The smallest absolute Gasteiger partial charge is 0.238 e. The van der Waals surface area contributed by atoms with Gasteiger partial charge in [-0.2, -0.15) is 0 Å². The second kappa shape index (κ2) is 7.30. The van der Waals surface area contributed by atoms with E-state index in [1.54, 1.807) is 12.1 Å². The van der Waals surface area contributed by atoms with Crippen LogP contribution in [-0.4, -0.2) is 33.6 Å². The average molecular weight is 337 g/mol. The van der Waals surface area contributed by atoms with E-state index in [2.05, 4.69) is 10.6 Å². The van der Waals surface area contributed by atoms with Crippen LogP contribution in [0.1, 0.15) is 37.7 Å². The molecule has 0 radical (unpaired) electrons. The van der Waals surface area contributed by atoms with Crippen molar-refractivity contribution in [2.45, 2.75) is 55.5 Å². The van der Waals surface area contributed by atoms with Gasteiger partial charge in [0.2, 0.25) is 10.0 Å². The molecule has 4 N–H and O–H groups in total. The highest BCUT2D eigenvalue weighted by Crippen LogP contribution is 2.31. The van der Waals surface area contributed by atoms with Gasteiger partial charge >= 0.3 is 0 Å². The van der Waals surface area contributed by atoms with Crippen molar-refractivity contribution in [3.8, 4) is 0 Å². The number of benzene rings is 1. The van der Waals surface area contributed by atoms with Gasteiger partial charge in [0.15, 0.2) is 0 Å². The van der Waals surface area contributed by atoms with E-state index in [-0.39, 0.29) is 4.90 Å². The molecule has 128 valence electrons. The SMILES string of the molecule is NS(=O)(=O)c1ccc(CCNC2CCCC2C2CCCN2)cc1. The minimum absolute atomic E-state index is 0.178. The van der Waals surface area contributed by atoms with Crippen LogP contribution >= 0.6 is 0 Å². The normalized spacial score (nSPS) is 28.3. The Morgan fingerprint density at radius 2 is 1.91 bits per heavy atom. The summed E-state index contributed by atoms with van der Waals surface area (Å²) >= 11 is 0. The minimum Gasteiger partial charge on any atom is -0.314 e. The van der Waals surface area contributed by atoms with Crippen molar-refractivity contribution in [3.63, 3.8) is 0 Å². The van der Waals surface area contributed by atoms with Crippen LogP contribution in [0.2, 0.25) is 0 Å². The summed E-state index contributed by atoms with van der Waals surface area (Å²) in [5.41, 5.74) is 1.14. The molecule has 3 rings (SSSR count). The topological polar surface area (TPSA) is 84.2 Å². The predicted octanol–water partition coefficient (Wildman–Crippen LogP) is 1.39. The fraction of sp³-hybridized carbons (Fsp3) is 0.647. The Morgan fingerprint density at radius 3 is 2.57 bits per heavy atom. The first-order chi connectivity index (χ1) is 11.0. The molecule has 2 fully saturated rings. The van der Waals surface area contributed by atoms with E-state index in [4.69, 9.17) is 5.14 Å². The zero-order valence-corrected chi connectivity index (χ0v) is 14.3. The van der Waals surface area contributed by atoms with E-state index in [0.717, 1.165) is 24.4 Å². The number of hydrogen-bond donors (Lipinski definition) is 3. The van der Waals surface area contributed by atoms with E-state index >= 15 is 0 Å². The quantitative estimate of drug-likeness (QED) is 0.732. The predicted molar refractivity (Wildman–Crippen MR) is 91.7 cm³/mol. The number of nitrogens with two attached hydrogens (primary N) is 1. The molecule has 3 atom stereocenters. The molecule has 1 aromatic rings. The summed E-state index contributed by atoms with van der Waals surface area (Å²) in [6.07, 6.45) is 7.46. The van der Waals surface area contributed by atoms with Crippen molar-refractivity contribution in [2.75, 3.05) is 13.1 Å². The van der Waals surface area contributed by atoms with Gasteiger partial charge in [-0.25, -0.2) is 13.6 Å². The zero-order valence-electron chi connectivity index (χ0n) is 13.5. The third-order valence-electron chi connectivity index (χ3n) is 5.26. The summed E-state index contributed by atoms with van der Waals surface area (Å²) in [6.45, 7) is 2.10. The Morgan fingerprint density at radius 1 is 1.13 bits per heavy atom. The van der Waals surface area contributed by atoms with Crippen LogP contribution in [0, 0.1) is 5.92 Å². The summed E-state index contributed by atoms with van der Waals surface area (Å²) in [6, 6.07) is 8.20. The lowest BCUT2D eigenvalue weighted by Gasteiger charge is -2.26. The van der Waals surface area contributed by atoms with Gasteiger partial charge in [0.1, 0.15) is 0 Å². The monoisotopic (exact) mass is 337 g/mol. The standard InChI is InChI=1S/C17H27N3O2S/c18-23(21,22)14-8-6-13(7-9-14)10-12-20-16-4-1-3-15(16)17-5-2-11-19-17/h6-9,15-17,19-20H,1-5,10-12H2,(H2,18,21,22). The molecule has 1 aliphatic carbocycles. The lowest BCUT2D eigenvalue weighted by atomic mass is 9.93. The molecule has 5 nitrogen and oxygen atoms in total. The Labute approximate surface area is 139 Å². The van der Waals surface area contributed by atoms with E-state index in [1.807, 2.05) is 12.1 Å². The second-order valence-corrected chi connectivity index (χ2v) is 8.36. The van der Waals surface area contributed by atoms with Gasteiger partial charge < -0.3 is 10.6 Å². The molecular formula is C17H27N3O2S. The Hall–Kier alpha value is -0.950. The maximum Gasteiger partial charge on any atom is 0.238 e. The highest BCUT2D eigenvalue weighted by Gasteiger charge is 2.34. The molecule has 23 heavy (non-hydrogen) atoms. The summed E-state index contributed by atoms with van der Waals surface area (Å²) in [7, 11) is -3.59. The molecule has 1 saturated heterocycles. The Bertz CT molecular complexity index is 609. The first-order valence-electron chi connectivity index (χ1n) is 8.62. The highest BCUT2D eigenvalue weighted by molar-refractivity contribution is 7.89. The van der Waals surface area contributed by atoms with Crippen molar-refractivity contribution in [2.24, 2.45) is 11.1 Å². The van der Waals surface area contributed by atoms with Crippen molar-refractivity contribution in [1.29, 1.82) is 0 Å². The van der Waals surface area contributed by atoms with Crippen LogP contribution < -0.4 is 15.8 Å². The maximum atomic E-state index is 11.3. The molecule has 0 spiro atoms. The van der Waals surface area contributed by atoms with Crippen LogP contribution in [0.15, 0.2) is 29.2 Å². The Kier molecular flexibility index (Phi) is 5.36. The van der Waals surface area contributed by atoms with E-state index < -0.39 is 10.0 Å². The van der Waals surface area contributed by atoms with Crippen LogP contribution in [0.4, 0.5) is 0 Å². The molecule has 1 aromatic carbocycles. The van der Waals surface area contributed by atoms with E-state index in [9.17, 15) is 8.42 Å². The first-order valence-corrected chi connectivity index (χ1v) is 10.2. The van der Waals surface area contributed by atoms with Crippen molar-refractivity contribution >= 4 is 10.0 Å². The molecule has 1 heterocycles. The van der Waals surface area contributed by atoms with Gasteiger partial charge in [-0.1, -0.05) is 18.6 Å². The van der Waals surface area contributed by atoms with Crippen molar-refractivity contribution in [1.82, 2.24) is 10.6 Å². The lowest BCUT2D eigenvalue weighted by molar-refractivity contribution is 0.322. The number of nitrogens with one attached hydrogen (secondary N) is 2. The molecule has 1 saturated carbocycles. The third kappa shape index (κ3) is 4.32. The average Bonchev–Trinajstić information content (AvgIpc) is 3.17. The molecule has 2 aliphatic rings. The molecule has 3 unspecified atom stereocenters. The Balaban J connectivity index is 1.49. The lowest BCUT2D eigenvalue weighted by Crippen LogP contribution is -2.42. The van der Waals surface area contributed by atoms with E-state index in [0.29, 0.717) is 12.1 Å². The minimum atomic E-state index is -3.59. The second-order valence-electron chi connectivity index (χ2n) is 6.80.